The van der Waals surface area contributed by atoms with Crippen LogP contribution in [0.15, 0.2) is 65.1 Å². The Labute approximate surface area is 222 Å². The van der Waals surface area contributed by atoms with Gasteiger partial charge in [0.2, 0.25) is 0 Å². The van der Waals surface area contributed by atoms with Crippen LogP contribution in [0, 0.1) is 6.92 Å². The number of likely N-dealkylation sites (tertiary alicyclic amines) is 1. The van der Waals surface area contributed by atoms with E-state index >= 15 is 0 Å². The van der Waals surface area contributed by atoms with Crippen LogP contribution >= 0.6 is 27.5 Å². The van der Waals surface area contributed by atoms with Crippen LogP contribution < -0.4 is 9.80 Å². The third-order valence-electron chi connectivity index (χ3n) is 6.35. The first kappa shape index (κ1) is 26.2. The molecule has 1 fully saturated rings. The van der Waals surface area contributed by atoms with E-state index in [1.807, 2.05) is 19.1 Å². The van der Waals surface area contributed by atoms with E-state index in [9.17, 15) is 24.6 Å². The number of carbonyl (C=O) groups is 3. The van der Waals surface area contributed by atoms with Gasteiger partial charge in [-0.15, -0.1) is 0 Å². The highest BCUT2D eigenvalue weighted by atomic mass is 79.9. The molecular formula is C27H25BrClN2O5+. The number of aliphatic hydroxyl groups is 2. The van der Waals surface area contributed by atoms with Crippen LogP contribution in [0.5, 0.6) is 0 Å². The highest BCUT2D eigenvalue weighted by molar-refractivity contribution is 9.10. The fourth-order valence-electron chi connectivity index (χ4n) is 4.51. The molecule has 0 saturated carbocycles. The van der Waals surface area contributed by atoms with Gasteiger partial charge in [0.25, 0.3) is 0 Å². The molecule has 0 radical (unpaired) electrons. The van der Waals surface area contributed by atoms with Crippen molar-refractivity contribution < 1.29 is 24.6 Å². The van der Waals surface area contributed by atoms with Crippen LogP contribution in [-0.4, -0.2) is 47.1 Å². The van der Waals surface area contributed by atoms with Crippen LogP contribution in [0.3, 0.4) is 0 Å². The number of carbonyl (C=O) groups excluding carboxylic acids is 3. The Balaban J connectivity index is 1.73. The van der Waals surface area contributed by atoms with E-state index in [1.54, 1.807) is 48.5 Å². The van der Waals surface area contributed by atoms with E-state index in [2.05, 4.69) is 21.2 Å². The summed E-state index contributed by atoms with van der Waals surface area (Å²) in [6.45, 7) is 1.01. The zero-order chi connectivity index (χ0) is 26.0. The number of ketones is 1. The zero-order valence-corrected chi connectivity index (χ0v) is 21.8. The van der Waals surface area contributed by atoms with Gasteiger partial charge in [-0.25, -0.2) is 9.59 Å². The summed E-state index contributed by atoms with van der Waals surface area (Å²) in [7, 11) is 0. The Hall–Kier alpha value is -2.88. The summed E-state index contributed by atoms with van der Waals surface area (Å²) >= 11 is 9.92. The van der Waals surface area contributed by atoms with Crippen LogP contribution in [0.4, 0.5) is 17.1 Å². The summed E-state index contributed by atoms with van der Waals surface area (Å²) in [6.07, 6.45) is -1.17. The van der Waals surface area contributed by atoms with Crippen LogP contribution in [0.2, 0.25) is 5.02 Å². The first-order valence-electron chi connectivity index (χ1n) is 11.4. The van der Waals surface area contributed by atoms with Crippen molar-refractivity contribution in [3.05, 3.63) is 86.8 Å². The van der Waals surface area contributed by atoms with Gasteiger partial charge in [0.1, 0.15) is 18.3 Å². The Morgan fingerprint density at radius 3 is 2.39 bits per heavy atom. The highest BCUT2D eigenvalue weighted by Gasteiger charge is 2.53. The van der Waals surface area contributed by atoms with Gasteiger partial charge in [-0.1, -0.05) is 51.8 Å². The van der Waals surface area contributed by atoms with Crippen LogP contribution in [-0.2, 0) is 9.59 Å². The number of nitrogens with zero attached hydrogens (tertiary/aromatic N) is 1. The first-order chi connectivity index (χ1) is 17.2. The predicted octanol–water partition coefficient (Wildman–Crippen LogP) is 4.89. The van der Waals surface area contributed by atoms with Gasteiger partial charge >= 0.3 is 11.8 Å². The molecule has 1 heterocycles. The Bertz CT molecular complexity index is 1340. The number of nitrogens with one attached hydrogen (secondary N) is 1. The molecule has 186 valence electrons. The van der Waals surface area contributed by atoms with Crippen molar-refractivity contribution in [1.29, 1.82) is 0 Å². The SMILES string of the molecule is Cc1ccccc1C(=O)c1ccc(Nc2ccc(Br)cc2[N+]2(CC(O)CO)C(=O)CCC2=O)cc1Cl. The van der Waals surface area contributed by atoms with E-state index in [1.165, 1.54) is 0 Å². The molecule has 7 nitrogen and oxygen atoms in total. The summed E-state index contributed by atoms with van der Waals surface area (Å²) in [4.78, 5) is 39.2. The second-order valence-corrected chi connectivity index (χ2v) is 10.1. The van der Waals surface area contributed by atoms with Crippen molar-refractivity contribution in [3.63, 3.8) is 0 Å². The number of hydrogen-bond acceptors (Lipinski definition) is 6. The van der Waals surface area contributed by atoms with Gasteiger partial charge in [-0.3, -0.25) is 4.79 Å². The van der Waals surface area contributed by atoms with Crippen molar-refractivity contribution in [3.8, 4) is 0 Å². The number of imide groups is 1. The van der Waals surface area contributed by atoms with Crippen molar-refractivity contribution in [2.24, 2.45) is 0 Å². The maximum absolute atomic E-state index is 13.1. The number of amides is 2. The molecule has 1 saturated heterocycles. The zero-order valence-electron chi connectivity index (χ0n) is 19.5. The van der Waals surface area contributed by atoms with E-state index in [0.29, 0.717) is 32.7 Å². The molecule has 9 heteroatoms. The minimum atomic E-state index is -1.26. The highest BCUT2D eigenvalue weighted by Crippen LogP contribution is 2.41. The van der Waals surface area contributed by atoms with Gasteiger partial charge < -0.3 is 15.5 Å². The van der Waals surface area contributed by atoms with Gasteiger partial charge in [-0.2, -0.15) is 4.48 Å². The second-order valence-electron chi connectivity index (χ2n) is 8.74. The Morgan fingerprint density at radius 2 is 1.75 bits per heavy atom. The van der Waals surface area contributed by atoms with Crippen molar-refractivity contribution in [2.45, 2.75) is 25.9 Å². The summed E-state index contributed by atoms with van der Waals surface area (Å²) < 4.78 is -0.0649. The molecule has 0 aromatic heterocycles. The molecule has 1 unspecified atom stereocenters. The van der Waals surface area contributed by atoms with Crippen LogP contribution in [0.25, 0.3) is 0 Å². The number of aliphatic hydroxyl groups excluding tert-OH is 2. The number of benzene rings is 3. The van der Waals surface area contributed by atoms with Gasteiger partial charge in [-0.05, 0) is 42.8 Å². The van der Waals surface area contributed by atoms with Crippen LogP contribution in [0.1, 0.15) is 34.3 Å². The lowest BCUT2D eigenvalue weighted by atomic mass is 9.99. The standard InChI is InChI=1S/C27H24BrClN2O5/c1-16-4-2-3-5-20(16)27(36)21-8-7-18(13-22(21)29)30-23-9-6-17(28)12-24(23)31(14-19(33)15-32)25(34)10-11-26(31)35/h2-9,12-13,19,32-33H,10-11,14-15H2,1H3/p+1. The molecule has 0 bridgehead atoms. The minimum absolute atomic E-state index is 0.0461. The molecule has 4 rings (SSSR count). The lowest BCUT2D eigenvalue weighted by Crippen LogP contribution is -2.58. The molecule has 0 aliphatic carbocycles. The number of aryl methyl sites for hydroxylation is 1. The third kappa shape index (κ3) is 4.87. The average molecular weight is 573 g/mol. The minimum Gasteiger partial charge on any atom is -0.393 e. The molecule has 36 heavy (non-hydrogen) atoms. The maximum Gasteiger partial charge on any atom is 0.326 e. The maximum atomic E-state index is 13.1. The van der Waals surface area contributed by atoms with E-state index in [-0.39, 0.29) is 42.0 Å². The second kappa shape index (κ2) is 10.6. The fourth-order valence-corrected chi connectivity index (χ4v) is 5.13. The molecule has 1 atom stereocenters. The summed E-state index contributed by atoms with van der Waals surface area (Å²) in [6, 6.07) is 17.3. The smallest absolute Gasteiger partial charge is 0.326 e. The predicted molar refractivity (Wildman–Crippen MR) is 142 cm³/mol. The normalized spacial score (nSPS) is 15.7. The lowest BCUT2D eigenvalue weighted by Gasteiger charge is -2.31. The molecule has 2 amide bonds. The molecule has 1 aliphatic heterocycles. The van der Waals surface area contributed by atoms with E-state index in [4.69, 9.17) is 11.6 Å². The molecule has 3 aromatic rings. The number of rotatable bonds is 8. The Morgan fingerprint density at radius 1 is 1.06 bits per heavy atom. The number of quaternary nitrogens is 1. The van der Waals surface area contributed by atoms with Gasteiger partial charge in [0.05, 0.1) is 24.5 Å². The topological polar surface area (TPSA) is 104 Å². The summed E-state index contributed by atoms with van der Waals surface area (Å²) in [5.74, 6) is -0.901. The third-order valence-corrected chi connectivity index (χ3v) is 7.16. The molecule has 3 N–H and O–H groups in total. The lowest BCUT2D eigenvalue weighted by molar-refractivity contribution is -0.139. The number of halogens is 2. The van der Waals surface area contributed by atoms with Crippen molar-refractivity contribution >= 4 is 62.2 Å². The van der Waals surface area contributed by atoms with Gasteiger partial charge in [0, 0.05) is 27.4 Å². The molecule has 0 spiro atoms. The van der Waals surface area contributed by atoms with Crippen molar-refractivity contribution in [1.82, 2.24) is 4.48 Å². The largest absolute Gasteiger partial charge is 0.393 e. The Kier molecular flexibility index (Phi) is 7.73. The molecular weight excluding hydrogens is 548 g/mol. The average Bonchev–Trinajstić information content (AvgIpc) is 3.14. The van der Waals surface area contributed by atoms with Gasteiger partial charge in [0.15, 0.2) is 11.5 Å². The van der Waals surface area contributed by atoms with E-state index in [0.717, 1.165) is 5.56 Å². The first-order valence-corrected chi connectivity index (χ1v) is 12.5. The quantitative estimate of drug-likeness (QED) is 0.202. The number of hydrogen-bond donors (Lipinski definition) is 3. The van der Waals surface area contributed by atoms with E-state index < -0.39 is 17.2 Å². The number of anilines is 2. The summed E-state index contributed by atoms with van der Waals surface area (Å²) in [5.41, 5.74) is 3.12. The summed E-state index contributed by atoms with van der Waals surface area (Å²) in [5, 5.41) is 23.1. The fraction of sp³-hybridized carbons (Fsp3) is 0.222. The molecule has 3 aromatic carbocycles. The van der Waals surface area contributed by atoms with Crippen molar-refractivity contribution in [2.75, 3.05) is 18.5 Å². The molecule has 1 aliphatic rings. The monoisotopic (exact) mass is 571 g/mol.